The summed E-state index contributed by atoms with van der Waals surface area (Å²) in [4.78, 5) is 12.1. The van der Waals surface area contributed by atoms with Gasteiger partial charge in [-0.3, -0.25) is 4.79 Å². The van der Waals surface area contributed by atoms with Crippen LogP contribution in [0.5, 0.6) is 0 Å². The van der Waals surface area contributed by atoms with Crippen LogP contribution in [0.15, 0.2) is 69.9 Å². The molecule has 154 valence electrons. The monoisotopic (exact) mass is 459 g/mol. The summed E-state index contributed by atoms with van der Waals surface area (Å²) in [6, 6.07) is 17.0. The van der Waals surface area contributed by atoms with Crippen LogP contribution in [0.25, 0.3) is 17.5 Å². The first-order valence-corrected chi connectivity index (χ1v) is 10.9. The summed E-state index contributed by atoms with van der Waals surface area (Å²) < 4.78 is 1.95. The average molecular weight is 460 g/mol. The zero-order valence-corrected chi connectivity index (χ0v) is 18.5. The average Bonchev–Trinajstić information content (AvgIpc) is 3.16. The van der Waals surface area contributed by atoms with Gasteiger partial charge in [-0.25, -0.2) is 5.43 Å². The molecule has 30 heavy (non-hydrogen) atoms. The topological polar surface area (TPSA) is 72.2 Å². The highest BCUT2D eigenvalue weighted by Gasteiger charge is 2.14. The Morgan fingerprint density at radius 2 is 1.90 bits per heavy atom. The number of amides is 1. The van der Waals surface area contributed by atoms with Crippen molar-refractivity contribution in [2.24, 2.45) is 5.10 Å². The number of rotatable bonds is 8. The summed E-state index contributed by atoms with van der Waals surface area (Å²) in [6.07, 6.45) is 3.15. The van der Waals surface area contributed by atoms with Crippen molar-refractivity contribution in [1.82, 2.24) is 20.2 Å². The van der Waals surface area contributed by atoms with Crippen LogP contribution in [0.4, 0.5) is 0 Å². The van der Waals surface area contributed by atoms with Gasteiger partial charge < -0.3 is 4.57 Å². The van der Waals surface area contributed by atoms with Gasteiger partial charge in [0.15, 0.2) is 11.0 Å². The molecule has 0 saturated carbocycles. The molecule has 2 aromatic carbocycles. The normalized spacial score (nSPS) is 11.8. The van der Waals surface area contributed by atoms with Crippen LogP contribution in [0.3, 0.4) is 0 Å². The van der Waals surface area contributed by atoms with E-state index < -0.39 is 0 Å². The quantitative estimate of drug-likeness (QED) is 0.289. The molecule has 3 aromatic rings. The lowest BCUT2D eigenvalue weighted by Gasteiger charge is -2.07. The number of carbonyl (C=O) groups is 1. The summed E-state index contributed by atoms with van der Waals surface area (Å²) in [5, 5.41) is 14.1. The molecule has 1 aromatic heterocycles. The second kappa shape index (κ2) is 11.0. The van der Waals surface area contributed by atoms with E-state index >= 15 is 0 Å². The zero-order chi connectivity index (χ0) is 21.3. The minimum atomic E-state index is -0.265. The fourth-order valence-electron chi connectivity index (χ4n) is 2.57. The molecule has 0 aliphatic rings. The molecular formula is C21H19Cl2N5OS. The number of nitrogens with zero attached hydrogens (tertiary/aromatic N) is 4. The number of allylic oxidation sites excluding steroid dienone is 1. The van der Waals surface area contributed by atoms with Crippen molar-refractivity contribution in [3.05, 3.63) is 70.2 Å². The predicted molar refractivity (Wildman–Crippen MR) is 124 cm³/mol. The van der Waals surface area contributed by atoms with Crippen molar-refractivity contribution in [3.8, 4) is 11.4 Å². The molecule has 0 bridgehead atoms. The van der Waals surface area contributed by atoms with Gasteiger partial charge in [-0.2, -0.15) is 5.10 Å². The minimum absolute atomic E-state index is 0.149. The second-order valence-corrected chi connectivity index (χ2v) is 7.89. The van der Waals surface area contributed by atoms with Crippen molar-refractivity contribution >= 4 is 53.2 Å². The number of benzene rings is 2. The Kier molecular flexibility index (Phi) is 8.07. The number of thioether (sulfide) groups is 1. The van der Waals surface area contributed by atoms with Crippen LogP contribution in [0.2, 0.25) is 5.02 Å². The Bertz CT molecular complexity index is 1050. The molecule has 3 rings (SSSR count). The fourth-order valence-corrected chi connectivity index (χ4v) is 3.66. The zero-order valence-electron chi connectivity index (χ0n) is 16.1. The van der Waals surface area contributed by atoms with Crippen LogP contribution in [0, 0.1) is 0 Å². The third-order valence-electron chi connectivity index (χ3n) is 3.95. The van der Waals surface area contributed by atoms with E-state index in [2.05, 4.69) is 20.7 Å². The second-order valence-electron chi connectivity index (χ2n) is 6.08. The third kappa shape index (κ3) is 6.19. The predicted octanol–water partition coefficient (Wildman–Crippen LogP) is 5.09. The lowest BCUT2D eigenvalue weighted by atomic mass is 10.2. The van der Waals surface area contributed by atoms with Gasteiger partial charge in [-0.15, -0.1) is 10.2 Å². The van der Waals surface area contributed by atoms with E-state index in [0.717, 1.165) is 17.0 Å². The fraction of sp³-hybridized carbons (Fsp3) is 0.143. The highest BCUT2D eigenvalue weighted by Crippen LogP contribution is 2.25. The molecule has 0 atom stereocenters. The molecule has 0 fully saturated rings. The number of nitrogens with one attached hydrogen (secondary N) is 1. The van der Waals surface area contributed by atoms with E-state index in [1.54, 1.807) is 18.2 Å². The van der Waals surface area contributed by atoms with Crippen molar-refractivity contribution in [1.29, 1.82) is 0 Å². The standard InChI is InChI=1S/C21H19Cl2N5OS/c1-2-28-20(16-8-10-17(22)11-9-16)26-27-21(28)30-14-19(29)25-24-13-18(23)12-15-6-4-3-5-7-15/h3-13H,2,14H2,1H3,(H,25,29)/b18-12-,24-13-. The van der Waals surface area contributed by atoms with E-state index in [9.17, 15) is 4.79 Å². The Labute approximate surface area is 189 Å². The van der Waals surface area contributed by atoms with Gasteiger partial charge in [-0.1, -0.05) is 65.3 Å². The lowest BCUT2D eigenvalue weighted by molar-refractivity contribution is -0.118. The van der Waals surface area contributed by atoms with Gasteiger partial charge in [0, 0.05) is 17.1 Å². The molecule has 0 aliphatic carbocycles. The number of aromatic nitrogens is 3. The number of carbonyl (C=O) groups excluding carboxylic acids is 1. The Morgan fingerprint density at radius 1 is 1.17 bits per heavy atom. The van der Waals surface area contributed by atoms with Gasteiger partial charge in [0.2, 0.25) is 0 Å². The van der Waals surface area contributed by atoms with Crippen LogP contribution < -0.4 is 5.43 Å². The molecule has 0 spiro atoms. The Morgan fingerprint density at radius 3 is 2.60 bits per heavy atom. The largest absolute Gasteiger partial charge is 0.302 e. The maximum Gasteiger partial charge on any atom is 0.250 e. The van der Waals surface area contributed by atoms with E-state index in [1.165, 1.54) is 18.0 Å². The SMILES string of the molecule is CCn1c(SCC(=O)N/N=C\C(Cl)=C\c2ccccc2)nnc1-c1ccc(Cl)cc1. The summed E-state index contributed by atoms with van der Waals surface area (Å²) in [7, 11) is 0. The maximum absolute atomic E-state index is 12.1. The Balaban J connectivity index is 1.56. The van der Waals surface area contributed by atoms with E-state index in [1.807, 2.05) is 54.0 Å². The number of hydrogen-bond acceptors (Lipinski definition) is 5. The van der Waals surface area contributed by atoms with Crippen molar-refractivity contribution in [3.63, 3.8) is 0 Å². The molecule has 0 radical (unpaired) electrons. The third-order valence-corrected chi connectivity index (χ3v) is 5.37. The van der Waals surface area contributed by atoms with E-state index in [4.69, 9.17) is 23.2 Å². The van der Waals surface area contributed by atoms with Crippen molar-refractivity contribution < 1.29 is 4.79 Å². The molecule has 1 N–H and O–H groups in total. The van der Waals surface area contributed by atoms with Crippen LogP contribution in [-0.4, -0.2) is 32.6 Å². The molecule has 0 aliphatic heterocycles. The van der Waals surface area contributed by atoms with Gasteiger partial charge in [0.1, 0.15) is 0 Å². The van der Waals surface area contributed by atoms with Gasteiger partial charge in [0.05, 0.1) is 17.0 Å². The molecule has 1 heterocycles. The van der Waals surface area contributed by atoms with Gasteiger partial charge >= 0.3 is 0 Å². The van der Waals surface area contributed by atoms with Crippen molar-refractivity contribution in [2.75, 3.05) is 5.75 Å². The Hall–Kier alpha value is -2.61. The van der Waals surface area contributed by atoms with Crippen LogP contribution in [-0.2, 0) is 11.3 Å². The lowest BCUT2D eigenvalue weighted by Crippen LogP contribution is -2.19. The minimum Gasteiger partial charge on any atom is -0.302 e. The highest BCUT2D eigenvalue weighted by atomic mass is 35.5. The number of hydrazone groups is 1. The molecule has 0 saturated heterocycles. The first kappa shape index (κ1) is 22.1. The summed E-state index contributed by atoms with van der Waals surface area (Å²) in [5.74, 6) is 0.614. The van der Waals surface area contributed by atoms with Crippen LogP contribution >= 0.6 is 35.0 Å². The molecule has 1 amide bonds. The maximum atomic E-state index is 12.1. The first-order chi connectivity index (χ1) is 14.6. The summed E-state index contributed by atoms with van der Waals surface area (Å²) in [6.45, 7) is 2.67. The first-order valence-electron chi connectivity index (χ1n) is 9.13. The summed E-state index contributed by atoms with van der Waals surface area (Å²) >= 11 is 13.3. The highest BCUT2D eigenvalue weighted by molar-refractivity contribution is 7.99. The number of hydrogen-bond donors (Lipinski definition) is 1. The van der Waals surface area contributed by atoms with Gasteiger partial charge in [-0.05, 0) is 42.8 Å². The van der Waals surface area contributed by atoms with E-state index in [0.29, 0.717) is 21.8 Å². The molecular weight excluding hydrogens is 441 g/mol. The van der Waals surface area contributed by atoms with Crippen molar-refractivity contribution in [2.45, 2.75) is 18.6 Å². The molecule has 6 nitrogen and oxygen atoms in total. The van der Waals surface area contributed by atoms with Crippen LogP contribution in [0.1, 0.15) is 12.5 Å². The molecule has 9 heteroatoms. The van der Waals surface area contributed by atoms with E-state index in [-0.39, 0.29) is 11.7 Å². The smallest absolute Gasteiger partial charge is 0.250 e. The summed E-state index contributed by atoms with van der Waals surface area (Å²) in [5.41, 5.74) is 4.33. The number of halogens is 2. The van der Waals surface area contributed by atoms with Gasteiger partial charge in [0.25, 0.3) is 5.91 Å². The molecule has 0 unspecified atom stereocenters.